The van der Waals surface area contributed by atoms with Crippen LogP contribution in [0, 0.1) is 5.92 Å². The van der Waals surface area contributed by atoms with Crippen LogP contribution < -0.4 is 5.32 Å². The Kier molecular flexibility index (Phi) is 4.92. The maximum absolute atomic E-state index is 4.41. The molecule has 2 aromatic rings. The Hall–Kier alpha value is -1.41. The van der Waals surface area contributed by atoms with Crippen LogP contribution in [0.2, 0.25) is 0 Å². The molecule has 19 heavy (non-hydrogen) atoms. The molecule has 0 radical (unpaired) electrons. The molecule has 2 nitrogen and oxygen atoms in total. The van der Waals surface area contributed by atoms with Crippen molar-refractivity contribution in [1.82, 2.24) is 10.3 Å². The zero-order chi connectivity index (χ0) is 13.7. The van der Waals surface area contributed by atoms with Gasteiger partial charge in [-0.1, -0.05) is 51.5 Å². The summed E-state index contributed by atoms with van der Waals surface area (Å²) in [4.78, 5) is 4.41. The third kappa shape index (κ3) is 3.32. The Morgan fingerprint density at radius 3 is 2.68 bits per heavy atom. The van der Waals surface area contributed by atoms with Gasteiger partial charge in [0.1, 0.15) is 0 Å². The molecule has 2 unspecified atom stereocenters. The number of benzene rings is 1. The first-order valence-electron chi connectivity index (χ1n) is 7.32. The minimum Gasteiger partial charge on any atom is -0.310 e. The smallest absolute Gasteiger partial charge is 0.0346 e. The van der Waals surface area contributed by atoms with Crippen LogP contribution >= 0.6 is 0 Å². The highest BCUT2D eigenvalue weighted by atomic mass is 14.9. The highest BCUT2D eigenvalue weighted by Gasteiger charge is 2.16. The number of rotatable bonds is 6. The highest BCUT2D eigenvalue weighted by Crippen LogP contribution is 2.28. The van der Waals surface area contributed by atoms with Gasteiger partial charge < -0.3 is 5.32 Å². The molecule has 1 N–H and O–H groups in total. The van der Waals surface area contributed by atoms with Gasteiger partial charge in [0, 0.05) is 23.8 Å². The zero-order valence-corrected chi connectivity index (χ0v) is 12.2. The van der Waals surface area contributed by atoms with Crippen molar-refractivity contribution in [2.45, 2.75) is 39.7 Å². The van der Waals surface area contributed by atoms with Crippen molar-refractivity contribution >= 4 is 10.8 Å². The lowest BCUT2D eigenvalue weighted by Crippen LogP contribution is -2.23. The van der Waals surface area contributed by atoms with Crippen LogP contribution in [0.3, 0.4) is 0 Å². The predicted molar refractivity (Wildman–Crippen MR) is 82.2 cm³/mol. The van der Waals surface area contributed by atoms with Gasteiger partial charge in [0.25, 0.3) is 0 Å². The number of nitrogens with one attached hydrogen (secondary N) is 1. The molecule has 0 aliphatic rings. The molecule has 1 aromatic carbocycles. The third-order valence-corrected chi connectivity index (χ3v) is 3.86. The molecule has 0 saturated carbocycles. The second-order valence-corrected chi connectivity index (χ2v) is 5.31. The van der Waals surface area contributed by atoms with Gasteiger partial charge in [0.2, 0.25) is 0 Å². The Balaban J connectivity index is 2.38. The first-order chi connectivity index (χ1) is 9.26. The number of hydrogen-bond acceptors (Lipinski definition) is 2. The summed E-state index contributed by atoms with van der Waals surface area (Å²) < 4.78 is 0. The van der Waals surface area contributed by atoms with Crippen molar-refractivity contribution in [3.63, 3.8) is 0 Å². The zero-order valence-electron chi connectivity index (χ0n) is 12.2. The van der Waals surface area contributed by atoms with E-state index in [0.717, 1.165) is 12.5 Å². The van der Waals surface area contributed by atoms with E-state index < -0.39 is 0 Å². The van der Waals surface area contributed by atoms with Crippen molar-refractivity contribution in [1.29, 1.82) is 0 Å². The molecular formula is C17H24N2. The standard InChI is InChI=1S/C17H24N2/c1-4-13(3)10-17(19-5-2)16-12-18-11-14-8-6-7-9-15(14)16/h6-9,11-13,17,19H,4-5,10H2,1-3H3. The summed E-state index contributed by atoms with van der Waals surface area (Å²) in [5.41, 5.74) is 1.33. The van der Waals surface area contributed by atoms with Crippen LogP contribution in [0.15, 0.2) is 36.7 Å². The maximum atomic E-state index is 4.41. The van der Waals surface area contributed by atoms with E-state index in [-0.39, 0.29) is 0 Å². The average molecular weight is 256 g/mol. The number of pyridine rings is 1. The summed E-state index contributed by atoms with van der Waals surface area (Å²) in [6.45, 7) is 7.74. The normalized spacial score (nSPS) is 14.5. The predicted octanol–water partition coefficient (Wildman–Crippen LogP) is 4.32. The van der Waals surface area contributed by atoms with Crippen LogP contribution in [0.5, 0.6) is 0 Å². The monoisotopic (exact) mass is 256 g/mol. The van der Waals surface area contributed by atoms with Crippen molar-refractivity contribution in [2.75, 3.05) is 6.54 Å². The Morgan fingerprint density at radius 2 is 1.95 bits per heavy atom. The van der Waals surface area contributed by atoms with E-state index in [1.54, 1.807) is 0 Å². The lowest BCUT2D eigenvalue weighted by Gasteiger charge is -2.22. The quantitative estimate of drug-likeness (QED) is 0.832. The lowest BCUT2D eigenvalue weighted by molar-refractivity contribution is 0.409. The van der Waals surface area contributed by atoms with Gasteiger partial charge in [0.15, 0.2) is 0 Å². The number of hydrogen-bond donors (Lipinski definition) is 1. The summed E-state index contributed by atoms with van der Waals surface area (Å²) in [6.07, 6.45) is 6.36. The van der Waals surface area contributed by atoms with E-state index in [1.165, 1.54) is 29.2 Å². The first kappa shape index (κ1) is 14.0. The van der Waals surface area contributed by atoms with Gasteiger partial charge in [-0.05, 0) is 29.8 Å². The van der Waals surface area contributed by atoms with E-state index in [2.05, 4.69) is 55.3 Å². The second kappa shape index (κ2) is 6.67. The van der Waals surface area contributed by atoms with Gasteiger partial charge in [-0.2, -0.15) is 0 Å². The third-order valence-electron chi connectivity index (χ3n) is 3.86. The fraction of sp³-hybridized carbons (Fsp3) is 0.471. The molecule has 0 bridgehead atoms. The average Bonchev–Trinajstić information content (AvgIpc) is 2.46. The Morgan fingerprint density at radius 1 is 1.16 bits per heavy atom. The summed E-state index contributed by atoms with van der Waals surface area (Å²) in [5, 5.41) is 6.17. The topological polar surface area (TPSA) is 24.9 Å². The van der Waals surface area contributed by atoms with E-state index in [1.807, 2.05) is 12.4 Å². The van der Waals surface area contributed by atoms with Crippen molar-refractivity contribution in [2.24, 2.45) is 5.92 Å². The lowest BCUT2D eigenvalue weighted by atomic mass is 9.92. The number of nitrogens with zero attached hydrogens (tertiary/aromatic N) is 1. The molecule has 2 atom stereocenters. The Bertz CT molecular complexity index is 516. The molecule has 0 spiro atoms. The molecule has 1 heterocycles. The number of fused-ring (bicyclic) bond motifs is 1. The van der Waals surface area contributed by atoms with Gasteiger partial charge in [-0.25, -0.2) is 0 Å². The molecule has 2 rings (SSSR count). The summed E-state index contributed by atoms with van der Waals surface area (Å²) in [6, 6.07) is 8.92. The first-order valence-corrected chi connectivity index (χ1v) is 7.32. The second-order valence-electron chi connectivity index (χ2n) is 5.31. The maximum Gasteiger partial charge on any atom is 0.0346 e. The molecule has 102 valence electrons. The van der Waals surface area contributed by atoms with E-state index in [4.69, 9.17) is 0 Å². The van der Waals surface area contributed by atoms with Gasteiger partial charge in [0.05, 0.1) is 0 Å². The summed E-state index contributed by atoms with van der Waals surface area (Å²) in [5.74, 6) is 0.725. The van der Waals surface area contributed by atoms with E-state index in [0.29, 0.717) is 6.04 Å². The number of aromatic nitrogens is 1. The summed E-state index contributed by atoms with van der Waals surface area (Å²) >= 11 is 0. The minimum atomic E-state index is 0.401. The van der Waals surface area contributed by atoms with Gasteiger partial charge in [-0.15, -0.1) is 0 Å². The van der Waals surface area contributed by atoms with Crippen molar-refractivity contribution in [3.8, 4) is 0 Å². The van der Waals surface area contributed by atoms with Crippen LogP contribution in [0.1, 0.15) is 45.2 Å². The van der Waals surface area contributed by atoms with E-state index >= 15 is 0 Å². The van der Waals surface area contributed by atoms with Crippen LogP contribution in [-0.4, -0.2) is 11.5 Å². The van der Waals surface area contributed by atoms with Gasteiger partial charge in [-0.3, -0.25) is 4.98 Å². The molecule has 1 aromatic heterocycles. The molecule has 0 fully saturated rings. The fourth-order valence-corrected chi connectivity index (χ4v) is 2.55. The molecule has 2 heteroatoms. The summed E-state index contributed by atoms with van der Waals surface area (Å²) in [7, 11) is 0. The van der Waals surface area contributed by atoms with Crippen molar-refractivity contribution in [3.05, 3.63) is 42.2 Å². The fourth-order valence-electron chi connectivity index (χ4n) is 2.55. The van der Waals surface area contributed by atoms with Crippen LogP contribution in [0.25, 0.3) is 10.8 Å². The van der Waals surface area contributed by atoms with Crippen LogP contribution in [-0.2, 0) is 0 Å². The van der Waals surface area contributed by atoms with Gasteiger partial charge >= 0.3 is 0 Å². The molecule has 0 aliphatic heterocycles. The van der Waals surface area contributed by atoms with Crippen LogP contribution in [0.4, 0.5) is 0 Å². The molecule has 0 aliphatic carbocycles. The SMILES string of the molecule is CCNC(CC(C)CC)c1cncc2ccccc12. The van der Waals surface area contributed by atoms with Crippen molar-refractivity contribution < 1.29 is 0 Å². The minimum absolute atomic E-state index is 0.401. The van der Waals surface area contributed by atoms with E-state index in [9.17, 15) is 0 Å². The molecular weight excluding hydrogens is 232 g/mol. The molecule has 0 saturated heterocycles. The largest absolute Gasteiger partial charge is 0.310 e. The Labute approximate surface area is 116 Å². The highest BCUT2D eigenvalue weighted by molar-refractivity contribution is 5.85. The molecule has 0 amide bonds.